The van der Waals surface area contributed by atoms with Gasteiger partial charge in [0.1, 0.15) is 11.6 Å². The normalized spacial score (nSPS) is 10.4. The summed E-state index contributed by atoms with van der Waals surface area (Å²) in [5, 5.41) is 3.01. The van der Waals surface area contributed by atoms with Crippen LogP contribution in [0.3, 0.4) is 0 Å². The molecule has 0 amide bonds. The molecule has 116 valence electrons. The van der Waals surface area contributed by atoms with Crippen molar-refractivity contribution in [3.8, 4) is 0 Å². The Labute approximate surface area is 134 Å². The Morgan fingerprint density at radius 1 is 0.957 bits per heavy atom. The summed E-state index contributed by atoms with van der Waals surface area (Å²) in [5.74, 6) is 0.789. The van der Waals surface area contributed by atoms with Gasteiger partial charge in [-0.1, -0.05) is 30.3 Å². The van der Waals surface area contributed by atoms with Gasteiger partial charge in [-0.25, -0.2) is 9.37 Å². The molecular weight excluding hydrogens is 291 g/mol. The fourth-order valence-electron chi connectivity index (χ4n) is 2.23. The molecular formula is C18H17FN4. The Morgan fingerprint density at radius 3 is 2.39 bits per heavy atom. The van der Waals surface area contributed by atoms with Crippen molar-refractivity contribution in [3.63, 3.8) is 0 Å². The van der Waals surface area contributed by atoms with Crippen molar-refractivity contribution < 1.29 is 4.39 Å². The third-order valence-electron chi connectivity index (χ3n) is 3.42. The molecule has 0 unspecified atom stereocenters. The predicted octanol–water partition coefficient (Wildman–Crippen LogP) is 4.44. The van der Waals surface area contributed by atoms with Gasteiger partial charge in [-0.15, -0.1) is 0 Å². The number of aryl methyl sites for hydroxylation is 1. The minimum atomic E-state index is -0.318. The van der Waals surface area contributed by atoms with E-state index < -0.39 is 0 Å². The Morgan fingerprint density at radius 2 is 1.65 bits per heavy atom. The molecule has 0 saturated heterocycles. The highest BCUT2D eigenvalue weighted by molar-refractivity contribution is 5.61. The highest BCUT2D eigenvalue weighted by Crippen LogP contribution is 2.24. The standard InChI is InChI=1S/C18H17FN4/c1-13-12-17(21-16-11-7-6-10-15(16)19)22-18(20-13)23(2)14-8-4-3-5-9-14/h3-12H,1-2H3,(H,20,21,22). The van der Waals surface area contributed by atoms with Gasteiger partial charge in [-0.3, -0.25) is 0 Å². The summed E-state index contributed by atoms with van der Waals surface area (Å²) in [6, 6.07) is 18.1. The first-order valence-electron chi connectivity index (χ1n) is 7.29. The number of hydrogen-bond acceptors (Lipinski definition) is 4. The number of hydrogen-bond donors (Lipinski definition) is 1. The van der Waals surface area contributed by atoms with Crippen molar-refractivity contribution in [2.75, 3.05) is 17.3 Å². The number of benzene rings is 2. The zero-order valence-corrected chi connectivity index (χ0v) is 13.0. The minimum Gasteiger partial charge on any atom is -0.338 e. The molecule has 0 aliphatic heterocycles. The summed E-state index contributed by atoms with van der Waals surface area (Å²) < 4.78 is 13.8. The molecule has 23 heavy (non-hydrogen) atoms. The van der Waals surface area contributed by atoms with E-state index in [0.717, 1.165) is 11.4 Å². The Balaban J connectivity index is 1.92. The first-order chi connectivity index (χ1) is 11.1. The zero-order valence-electron chi connectivity index (χ0n) is 13.0. The molecule has 0 fully saturated rings. The highest BCUT2D eigenvalue weighted by Gasteiger charge is 2.10. The van der Waals surface area contributed by atoms with Crippen molar-refractivity contribution in [1.29, 1.82) is 0 Å². The maximum atomic E-state index is 13.8. The summed E-state index contributed by atoms with van der Waals surface area (Å²) >= 11 is 0. The summed E-state index contributed by atoms with van der Waals surface area (Å²) in [6.45, 7) is 1.89. The van der Waals surface area contributed by atoms with Crippen LogP contribution in [-0.4, -0.2) is 17.0 Å². The molecule has 5 heteroatoms. The molecule has 0 aliphatic carbocycles. The van der Waals surface area contributed by atoms with Crippen molar-refractivity contribution in [2.45, 2.75) is 6.92 Å². The lowest BCUT2D eigenvalue weighted by Gasteiger charge is -2.18. The monoisotopic (exact) mass is 308 g/mol. The van der Waals surface area contributed by atoms with Crippen LogP contribution in [0.4, 0.5) is 27.5 Å². The van der Waals surface area contributed by atoms with Crippen LogP contribution < -0.4 is 10.2 Å². The average Bonchev–Trinajstić information content (AvgIpc) is 2.56. The van der Waals surface area contributed by atoms with Gasteiger partial charge in [-0.2, -0.15) is 4.98 Å². The molecule has 1 N–H and O–H groups in total. The summed E-state index contributed by atoms with van der Waals surface area (Å²) in [7, 11) is 1.90. The molecule has 2 aromatic carbocycles. The molecule has 4 nitrogen and oxygen atoms in total. The number of anilines is 4. The quantitative estimate of drug-likeness (QED) is 0.774. The lowest BCUT2D eigenvalue weighted by molar-refractivity contribution is 0.632. The Kier molecular flexibility index (Phi) is 4.19. The SMILES string of the molecule is Cc1cc(Nc2ccccc2F)nc(N(C)c2ccccc2)n1. The summed E-state index contributed by atoms with van der Waals surface area (Å²) in [4.78, 5) is 10.8. The predicted molar refractivity (Wildman–Crippen MR) is 91.0 cm³/mol. The topological polar surface area (TPSA) is 41.1 Å². The van der Waals surface area contributed by atoms with Gasteiger partial charge in [0.05, 0.1) is 5.69 Å². The lowest BCUT2D eigenvalue weighted by atomic mass is 10.3. The van der Waals surface area contributed by atoms with Crippen molar-refractivity contribution in [3.05, 3.63) is 72.2 Å². The molecule has 0 aliphatic rings. The van der Waals surface area contributed by atoms with Crippen molar-refractivity contribution >= 4 is 23.1 Å². The fraction of sp³-hybridized carbons (Fsp3) is 0.111. The maximum Gasteiger partial charge on any atom is 0.231 e. The van der Waals surface area contributed by atoms with Gasteiger partial charge in [0.25, 0.3) is 0 Å². The van der Waals surface area contributed by atoms with Crippen molar-refractivity contribution in [1.82, 2.24) is 9.97 Å². The molecule has 0 saturated carbocycles. The molecule has 1 heterocycles. The molecule has 1 aromatic heterocycles. The first kappa shape index (κ1) is 15.0. The van der Waals surface area contributed by atoms with Crippen LogP contribution in [0.15, 0.2) is 60.7 Å². The van der Waals surface area contributed by atoms with E-state index in [9.17, 15) is 4.39 Å². The van der Waals surface area contributed by atoms with Crippen LogP contribution >= 0.6 is 0 Å². The van der Waals surface area contributed by atoms with Gasteiger partial charge in [0.2, 0.25) is 5.95 Å². The highest BCUT2D eigenvalue weighted by atomic mass is 19.1. The van der Waals surface area contributed by atoms with Gasteiger partial charge >= 0.3 is 0 Å². The minimum absolute atomic E-state index is 0.318. The van der Waals surface area contributed by atoms with Gasteiger partial charge in [-0.05, 0) is 31.2 Å². The second-order valence-electron chi connectivity index (χ2n) is 5.19. The van der Waals surface area contributed by atoms with Crippen LogP contribution in [0.25, 0.3) is 0 Å². The van der Waals surface area contributed by atoms with Crippen LogP contribution in [0, 0.1) is 12.7 Å². The second-order valence-corrected chi connectivity index (χ2v) is 5.19. The summed E-state index contributed by atoms with van der Waals surface area (Å²) in [6.07, 6.45) is 0. The number of para-hydroxylation sites is 2. The second kappa shape index (κ2) is 6.44. The van der Waals surface area contributed by atoms with E-state index in [4.69, 9.17) is 0 Å². The van der Waals surface area contributed by atoms with E-state index in [1.54, 1.807) is 24.3 Å². The molecule has 0 atom stereocenters. The number of nitrogens with one attached hydrogen (secondary N) is 1. The van der Waals surface area contributed by atoms with E-state index in [-0.39, 0.29) is 5.82 Å². The van der Waals surface area contributed by atoms with Crippen molar-refractivity contribution in [2.24, 2.45) is 0 Å². The Hall–Kier alpha value is -2.95. The van der Waals surface area contributed by atoms with E-state index in [0.29, 0.717) is 17.5 Å². The maximum absolute atomic E-state index is 13.8. The van der Waals surface area contributed by atoms with Gasteiger partial charge in [0, 0.05) is 24.5 Å². The third kappa shape index (κ3) is 3.45. The van der Waals surface area contributed by atoms with E-state index in [1.165, 1.54) is 6.07 Å². The van der Waals surface area contributed by atoms with E-state index in [2.05, 4.69) is 15.3 Å². The van der Waals surface area contributed by atoms with Crippen LogP contribution in [-0.2, 0) is 0 Å². The fourth-order valence-corrected chi connectivity index (χ4v) is 2.23. The average molecular weight is 308 g/mol. The van der Waals surface area contributed by atoms with Gasteiger partial charge in [0.15, 0.2) is 0 Å². The molecule has 3 rings (SSSR count). The van der Waals surface area contributed by atoms with Crippen LogP contribution in [0.2, 0.25) is 0 Å². The van der Waals surface area contributed by atoms with Crippen LogP contribution in [0.1, 0.15) is 5.69 Å². The number of nitrogens with zero attached hydrogens (tertiary/aromatic N) is 3. The molecule has 0 radical (unpaired) electrons. The van der Waals surface area contributed by atoms with Crippen LogP contribution in [0.5, 0.6) is 0 Å². The third-order valence-corrected chi connectivity index (χ3v) is 3.42. The lowest BCUT2D eigenvalue weighted by Crippen LogP contribution is -2.14. The molecule has 0 spiro atoms. The largest absolute Gasteiger partial charge is 0.338 e. The summed E-state index contributed by atoms with van der Waals surface area (Å²) in [5.41, 5.74) is 2.17. The Bertz CT molecular complexity index is 805. The number of rotatable bonds is 4. The number of aromatic nitrogens is 2. The number of halogens is 1. The first-order valence-corrected chi connectivity index (χ1v) is 7.29. The zero-order chi connectivity index (χ0) is 16.2. The van der Waals surface area contributed by atoms with Gasteiger partial charge < -0.3 is 10.2 Å². The molecule has 3 aromatic rings. The smallest absolute Gasteiger partial charge is 0.231 e. The van der Waals surface area contributed by atoms with E-state index >= 15 is 0 Å². The van der Waals surface area contributed by atoms with E-state index in [1.807, 2.05) is 49.2 Å². The molecule has 0 bridgehead atoms.